The van der Waals surface area contributed by atoms with Crippen molar-refractivity contribution in [2.45, 2.75) is 19.0 Å². The highest BCUT2D eigenvalue weighted by Gasteiger charge is 2.30. The monoisotopic (exact) mass is 304 g/mol. The normalized spacial score (nSPS) is 11.0. The summed E-state index contributed by atoms with van der Waals surface area (Å²) in [6.07, 6.45) is -3.92. The van der Waals surface area contributed by atoms with E-state index >= 15 is 0 Å². The molecule has 5 nitrogen and oxygen atoms in total. The summed E-state index contributed by atoms with van der Waals surface area (Å²) >= 11 is 0. The van der Waals surface area contributed by atoms with Crippen molar-refractivity contribution in [1.82, 2.24) is 5.32 Å². The number of rotatable bonds is 7. The topological polar surface area (TPSA) is 81.4 Å². The number of halogens is 3. The zero-order valence-corrected chi connectivity index (χ0v) is 11.1. The van der Waals surface area contributed by atoms with Crippen LogP contribution in [0.2, 0.25) is 0 Å². The first-order valence-electron chi connectivity index (χ1n) is 6.14. The van der Waals surface area contributed by atoms with E-state index in [1.165, 1.54) is 12.1 Å². The predicted molar refractivity (Wildman–Crippen MR) is 68.4 cm³/mol. The number of carbonyl (C=O) groups excluding carboxylic acids is 2. The van der Waals surface area contributed by atoms with Gasteiger partial charge in [-0.2, -0.15) is 13.2 Å². The maximum Gasteiger partial charge on any atom is 0.416 e. The molecule has 1 rings (SSSR count). The fourth-order valence-electron chi connectivity index (χ4n) is 1.45. The molecule has 1 aromatic rings. The first kappa shape index (κ1) is 16.8. The van der Waals surface area contributed by atoms with Crippen molar-refractivity contribution >= 4 is 11.8 Å². The highest BCUT2D eigenvalue weighted by molar-refractivity contribution is 5.77. The van der Waals surface area contributed by atoms with E-state index in [2.05, 4.69) is 5.32 Å². The Morgan fingerprint density at radius 2 is 2.00 bits per heavy atom. The Labute approximate surface area is 119 Å². The molecule has 0 atom stereocenters. The number of benzene rings is 1. The Hall–Kier alpha value is -2.25. The van der Waals surface area contributed by atoms with Gasteiger partial charge in [0.1, 0.15) is 5.75 Å². The standard InChI is InChI=1S/C13H15F3N2O3/c14-13(15,16)9-3-1-4-10(7-9)21-8-12(20)18-6-2-5-11(17)19/h1,3-4,7H,2,5-6,8H2,(H2,17,19)(H,18,20). The molecular formula is C13H15F3N2O3. The van der Waals surface area contributed by atoms with Gasteiger partial charge in [0.15, 0.2) is 6.61 Å². The molecule has 8 heteroatoms. The molecule has 0 aliphatic carbocycles. The lowest BCUT2D eigenvalue weighted by molar-refractivity contribution is -0.137. The minimum atomic E-state index is -4.46. The molecule has 0 aliphatic rings. The molecule has 0 unspecified atom stereocenters. The highest BCUT2D eigenvalue weighted by Crippen LogP contribution is 2.31. The third kappa shape index (κ3) is 6.64. The molecule has 2 amide bonds. The molecule has 0 aromatic heterocycles. The molecule has 3 N–H and O–H groups in total. The van der Waals surface area contributed by atoms with Crippen LogP contribution in [0.1, 0.15) is 18.4 Å². The van der Waals surface area contributed by atoms with Gasteiger partial charge in [-0.1, -0.05) is 6.07 Å². The van der Waals surface area contributed by atoms with Crippen LogP contribution in [-0.2, 0) is 15.8 Å². The average Bonchev–Trinajstić information content (AvgIpc) is 2.40. The Morgan fingerprint density at radius 1 is 1.29 bits per heavy atom. The van der Waals surface area contributed by atoms with Gasteiger partial charge in [0.2, 0.25) is 5.91 Å². The van der Waals surface area contributed by atoms with Crippen LogP contribution in [0.4, 0.5) is 13.2 Å². The molecule has 0 bridgehead atoms. The van der Waals surface area contributed by atoms with E-state index < -0.39 is 30.2 Å². The SMILES string of the molecule is NC(=O)CCCNC(=O)COc1cccc(C(F)(F)F)c1. The molecule has 0 heterocycles. The highest BCUT2D eigenvalue weighted by atomic mass is 19.4. The molecule has 1 aromatic carbocycles. The Bertz CT molecular complexity index is 504. The summed E-state index contributed by atoms with van der Waals surface area (Å²) in [7, 11) is 0. The Morgan fingerprint density at radius 3 is 2.62 bits per heavy atom. The number of hydrogen-bond donors (Lipinski definition) is 2. The van der Waals surface area contributed by atoms with Gasteiger partial charge < -0.3 is 15.8 Å². The van der Waals surface area contributed by atoms with Crippen LogP contribution in [0.15, 0.2) is 24.3 Å². The lowest BCUT2D eigenvalue weighted by Crippen LogP contribution is -2.30. The van der Waals surface area contributed by atoms with Crippen LogP contribution >= 0.6 is 0 Å². The van der Waals surface area contributed by atoms with E-state index in [0.29, 0.717) is 6.42 Å². The molecule has 21 heavy (non-hydrogen) atoms. The van der Waals surface area contributed by atoms with Gasteiger partial charge in [0.25, 0.3) is 5.91 Å². The summed E-state index contributed by atoms with van der Waals surface area (Å²) in [4.78, 5) is 21.8. The summed E-state index contributed by atoms with van der Waals surface area (Å²) in [5.74, 6) is -1.00. The quantitative estimate of drug-likeness (QED) is 0.748. The summed E-state index contributed by atoms with van der Waals surface area (Å²) < 4.78 is 42.4. The van der Waals surface area contributed by atoms with Crippen LogP contribution in [0.3, 0.4) is 0 Å². The minimum Gasteiger partial charge on any atom is -0.484 e. The van der Waals surface area contributed by atoms with Gasteiger partial charge >= 0.3 is 6.18 Å². The van der Waals surface area contributed by atoms with E-state index in [4.69, 9.17) is 10.5 Å². The van der Waals surface area contributed by atoms with Gasteiger partial charge in [0.05, 0.1) is 5.56 Å². The van der Waals surface area contributed by atoms with Crippen molar-refractivity contribution in [2.75, 3.05) is 13.2 Å². The van der Waals surface area contributed by atoms with Gasteiger partial charge in [-0.25, -0.2) is 0 Å². The number of hydrogen-bond acceptors (Lipinski definition) is 3. The van der Waals surface area contributed by atoms with E-state index in [1.807, 2.05) is 0 Å². The first-order valence-corrected chi connectivity index (χ1v) is 6.14. The summed E-state index contributed by atoms with van der Waals surface area (Å²) in [6, 6.07) is 4.26. The van der Waals surface area contributed by atoms with E-state index in [1.54, 1.807) is 0 Å². The second kappa shape index (κ2) is 7.51. The first-order chi connectivity index (χ1) is 9.79. The zero-order chi connectivity index (χ0) is 15.9. The number of nitrogens with one attached hydrogen (secondary N) is 1. The van der Waals surface area contributed by atoms with E-state index in [0.717, 1.165) is 12.1 Å². The van der Waals surface area contributed by atoms with Crippen LogP contribution in [-0.4, -0.2) is 25.0 Å². The van der Waals surface area contributed by atoms with Crippen LogP contribution in [0.25, 0.3) is 0 Å². The number of amides is 2. The van der Waals surface area contributed by atoms with Crippen molar-refractivity contribution in [3.8, 4) is 5.75 Å². The van der Waals surface area contributed by atoms with Crippen molar-refractivity contribution in [2.24, 2.45) is 5.73 Å². The largest absolute Gasteiger partial charge is 0.484 e. The van der Waals surface area contributed by atoms with Crippen molar-refractivity contribution in [3.63, 3.8) is 0 Å². The van der Waals surface area contributed by atoms with Gasteiger partial charge in [-0.15, -0.1) is 0 Å². The average molecular weight is 304 g/mol. The zero-order valence-electron chi connectivity index (χ0n) is 11.1. The third-order valence-corrected chi connectivity index (χ3v) is 2.45. The number of carbonyl (C=O) groups is 2. The molecule has 0 radical (unpaired) electrons. The van der Waals surface area contributed by atoms with E-state index in [-0.39, 0.29) is 18.7 Å². The van der Waals surface area contributed by atoms with Crippen LogP contribution in [0.5, 0.6) is 5.75 Å². The number of ether oxygens (including phenoxy) is 1. The van der Waals surface area contributed by atoms with Crippen LogP contribution in [0, 0.1) is 0 Å². The second-order valence-electron chi connectivity index (χ2n) is 4.23. The lowest BCUT2D eigenvalue weighted by Gasteiger charge is -2.10. The number of alkyl halides is 3. The molecular weight excluding hydrogens is 289 g/mol. The molecule has 0 saturated carbocycles. The van der Waals surface area contributed by atoms with Gasteiger partial charge in [-0.3, -0.25) is 9.59 Å². The summed E-state index contributed by atoms with van der Waals surface area (Å²) in [6.45, 7) is -0.161. The van der Waals surface area contributed by atoms with Crippen LogP contribution < -0.4 is 15.8 Å². The van der Waals surface area contributed by atoms with E-state index in [9.17, 15) is 22.8 Å². The van der Waals surface area contributed by atoms with Crippen molar-refractivity contribution < 1.29 is 27.5 Å². The molecule has 116 valence electrons. The number of nitrogens with two attached hydrogens (primary N) is 1. The fourth-order valence-corrected chi connectivity index (χ4v) is 1.45. The third-order valence-electron chi connectivity index (χ3n) is 2.45. The summed E-state index contributed by atoms with van der Waals surface area (Å²) in [5, 5.41) is 2.46. The smallest absolute Gasteiger partial charge is 0.416 e. The fraction of sp³-hybridized carbons (Fsp3) is 0.385. The molecule has 0 spiro atoms. The second-order valence-corrected chi connectivity index (χ2v) is 4.23. The van der Waals surface area contributed by atoms with Crippen molar-refractivity contribution in [1.29, 1.82) is 0 Å². The van der Waals surface area contributed by atoms with Crippen molar-refractivity contribution in [3.05, 3.63) is 29.8 Å². The van der Waals surface area contributed by atoms with Gasteiger partial charge in [0, 0.05) is 13.0 Å². The lowest BCUT2D eigenvalue weighted by atomic mass is 10.2. The Balaban J connectivity index is 2.38. The summed E-state index contributed by atoms with van der Waals surface area (Å²) in [5.41, 5.74) is 4.08. The Kier molecular flexibility index (Phi) is 6.01. The minimum absolute atomic E-state index is 0.0443. The molecule has 0 aliphatic heterocycles. The molecule has 0 saturated heterocycles. The molecule has 0 fully saturated rings. The van der Waals surface area contributed by atoms with Gasteiger partial charge in [-0.05, 0) is 24.6 Å². The maximum absolute atomic E-state index is 12.5. The maximum atomic E-state index is 12.5. The predicted octanol–water partition coefficient (Wildman–Crippen LogP) is 1.47. The number of primary amides is 1.